The summed E-state index contributed by atoms with van der Waals surface area (Å²) in [5.74, 6) is 1.61. The van der Waals surface area contributed by atoms with Gasteiger partial charge >= 0.3 is 0 Å². The lowest BCUT2D eigenvalue weighted by atomic mass is 9.96. The number of hydrogen-bond acceptors (Lipinski definition) is 3. The van der Waals surface area contributed by atoms with Crippen molar-refractivity contribution >= 4 is 15.9 Å². The highest BCUT2D eigenvalue weighted by Crippen LogP contribution is 2.37. The number of methoxy groups -OCH3 is 2. The molecule has 0 bridgehead atoms. The Bertz CT molecular complexity index is 628. The first-order chi connectivity index (χ1) is 10.1. The Kier molecular flexibility index (Phi) is 5.26. The number of aryl methyl sites for hydroxylation is 1. The van der Waals surface area contributed by atoms with Crippen LogP contribution in [0.4, 0.5) is 0 Å². The summed E-state index contributed by atoms with van der Waals surface area (Å²) in [7, 11) is 5.29. The van der Waals surface area contributed by atoms with Crippen LogP contribution < -0.4 is 14.8 Å². The van der Waals surface area contributed by atoms with Crippen molar-refractivity contribution in [1.82, 2.24) is 5.32 Å². The van der Waals surface area contributed by atoms with Crippen molar-refractivity contribution in [2.45, 2.75) is 13.0 Å². The van der Waals surface area contributed by atoms with Crippen molar-refractivity contribution in [3.63, 3.8) is 0 Å². The third kappa shape index (κ3) is 3.39. The molecule has 0 fully saturated rings. The van der Waals surface area contributed by atoms with E-state index in [0.29, 0.717) is 0 Å². The van der Waals surface area contributed by atoms with Crippen molar-refractivity contribution in [2.24, 2.45) is 0 Å². The zero-order chi connectivity index (χ0) is 15.4. The summed E-state index contributed by atoms with van der Waals surface area (Å²) in [6.45, 7) is 2.09. The fourth-order valence-electron chi connectivity index (χ4n) is 2.46. The minimum absolute atomic E-state index is 0.0434. The van der Waals surface area contributed by atoms with Gasteiger partial charge in [0.1, 0.15) is 11.5 Å². The van der Waals surface area contributed by atoms with Crippen LogP contribution in [0, 0.1) is 6.92 Å². The van der Waals surface area contributed by atoms with Crippen LogP contribution in [-0.2, 0) is 0 Å². The number of halogens is 1. The van der Waals surface area contributed by atoms with Gasteiger partial charge in [0.05, 0.1) is 24.7 Å². The molecule has 2 aromatic rings. The van der Waals surface area contributed by atoms with Crippen molar-refractivity contribution < 1.29 is 9.47 Å². The van der Waals surface area contributed by atoms with E-state index < -0.39 is 0 Å². The molecule has 0 aliphatic rings. The summed E-state index contributed by atoms with van der Waals surface area (Å²) in [6.07, 6.45) is 0. The predicted octanol–water partition coefficient (Wildman–Crippen LogP) is 4.08. The number of hydrogen-bond donors (Lipinski definition) is 1. The van der Waals surface area contributed by atoms with E-state index in [9.17, 15) is 0 Å². The van der Waals surface area contributed by atoms with E-state index in [1.165, 1.54) is 11.1 Å². The lowest BCUT2D eigenvalue weighted by Gasteiger charge is -2.21. The van der Waals surface area contributed by atoms with Gasteiger partial charge in [-0.25, -0.2) is 0 Å². The normalized spacial score (nSPS) is 12.0. The Labute approximate surface area is 134 Å². The van der Waals surface area contributed by atoms with Crippen LogP contribution in [0.3, 0.4) is 0 Å². The van der Waals surface area contributed by atoms with E-state index in [2.05, 4.69) is 52.4 Å². The van der Waals surface area contributed by atoms with Crippen molar-refractivity contribution in [3.05, 3.63) is 57.6 Å². The first kappa shape index (κ1) is 15.9. The molecule has 0 radical (unpaired) electrons. The molecule has 3 nitrogen and oxygen atoms in total. The standard InChI is InChI=1S/C17H20BrNO2/c1-11-6-5-7-12(8-11)17(19-2)13-9-16(21-4)14(18)10-15(13)20-3/h5-10,17,19H,1-4H3. The summed E-state index contributed by atoms with van der Waals surface area (Å²) in [5.41, 5.74) is 3.47. The van der Waals surface area contributed by atoms with E-state index >= 15 is 0 Å². The summed E-state index contributed by atoms with van der Waals surface area (Å²) in [4.78, 5) is 0. The largest absolute Gasteiger partial charge is 0.496 e. The van der Waals surface area contributed by atoms with Crippen molar-refractivity contribution in [3.8, 4) is 11.5 Å². The Balaban J connectivity index is 2.56. The van der Waals surface area contributed by atoms with Crippen molar-refractivity contribution in [2.75, 3.05) is 21.3 Å². The molecule has 112 valence electrons. The topological polar surface area (TPSA) is 30.5 Å². The molecular formula is C17H20BrNO2. The second kappa shape index (κ2) is 6.96. The Hall–Kier alpha value is -1.52. The van der Waals surface area contributed by atoms with Crippen LogP contribution in [0.1, 0.15) is 22.7 Å². The number of benzene rings is 2. The molecule has 2 rings (SSSR count). The molecule has 2 aromatic carbocycles. The highest BCUT2D eigenvalue weighted by molar-refractivity contribution is 9.10. The fraction of sp³-hybridized carbons (Fsp3) is 0.294. The molecular weight excluding hydrogens is 330 g/mol. The molecule has 1 N–H and O–H groups in total. The van der Waals surface area contributed by atoms with E-state index in [-0.39, 0.29) is 6.04 Å². The molecule has 0 saturated heterocycles. The predicted molar refractivity (Wildman–Crippen MR) is 89.3 cm³/mol. The van der Waals surface area contributed by atoms with Gasteiger partial charge in [-0.1, -0.05) is 29.8 Å². The molecule has 0 saturated carbocycles. The van der Waals surface area contributed by atoms with Crippen LogP contribution >= 0.6 is 15.9 Å². The van der Waals surface area contributed by atoms with Gasteiger partial charge in [0.2, 0.25) is 0 Å². The first-order valence-electron chi connectivity index (χ1n) is 6.76. The molecule has 21 heavy (non-hydrogen) atoms. The summed E-state index contributed by atoms with van der Waals surface area (Å²) in [6, 6.07) is 12.4. The second-order valence-electron chi connectivity index (χ2n) is 4.86. The maximum absolute atomic E-state index is 5.53. The lowest BCUT2D eigenvalue weighted by molar-refractivity contribution is 0.393. The van der Waals surface area contributed by atoms with E-state index in [1.54, 1.807) is 14.2 Å². The van der Waals surface area contributed by atoms with Crippen molar-refractivity contribution in [1.29, 1.82) is 0 Å². The maximum atomic E-state index is 5.53. The van der Waals surface area contributed by atoms with Gasteiger partial charge in [-0.3, -0.25) is 0 Å². The average Bonchev–Trinajstić information content (AvgIpc) is 2.49. The molecule has 0 aromatic heterocycles. The van der Waals surface area contributed by atoms with Gasteiger partial charge in [0.25, 0.3) is 0 Å². The number of rotatable bonds is 5. The van der Waals surface area contributed by atoms with Crippen LogP contribution in [0.15, 0.2) is 40.9 Å². The lowest BCUT2D eigenvalue weighted by Crippen LogP contribution is -2.18. The quantitative estimate of drug-likeness (QED) is 0.881. The number of ether oxygens (including phenoxy) is 2. The van der Waals surface area contributed by atoms with Gasteiger partial charge in [-0.05, 0) is 47.6 Å². The molecule has 1 unspecified atom stereocenters. The summed E-state index contributed by atoms with van der Waals surface area (Å²) < 4.78 is 11.8. The minimum atomic E-state index is 0.0434. The van der Waals surface area contributed by atoms with Gasteiger partial charge in [-0.2, -0.15) is 0 Å². The molecule has 4 heteroatoms. The molecule has 0 aliphatic heterocycles. The van der Waals surface area contributed by atoms with E-state index in [1.807, 2.05) is 19.2 Å². The smallest absolute Gasteiger partial charge is 0.133 e. The fourth-order valence-corrected chi connectivity index (χ4v) is 2.95. The van der Waals surface area contributed by atoms with Crippen LogP contribution in [0.25, 0.3) is 0 Å². The SMILES string of the molecule is CNC(c1cccc(C)c1)c1cc(OC)c(Br)cc1OC. The Morgan fingerprint density at radius 1 is 1.05 bits per heavy atom. The molecule has 0 aliphatic carbocycles. The van der Waals surface area contributed by atoms with E-state index in [4.69, 9.17) is 9.47 Å². The van der Waals surface area contributed by atoms with Crippen LogP contribution in [0.2, 0.25) is 0 Å². The highest BCUT2D eigenvalue weighted by Gasteiger charge is 2.19. The van der Waals surface area contributed by atoms with Crippen LogP contribution in [-0.4, -0.2) is 21.3 Å². The maximum Gasteiger partial charge on any atom is 0.133 e. The zero-order valence-corrected chi connectivity index (χ0v) is 14.3. The highest BCUT2D eigenvalue weighted by atomic mass is 79.9. The Morgan fingerprint density at radius 3 is 2.33 bits per heavy atom. The summed E-state index contributed by atoms with van der Waals surface area (Å²) in [5, 5.41) is 3.36. The molecule has 0 heterocycles. The number of nitrogens with one attached hydrogen (secondary N) is 1. The van der Waals surface area contributed by atoms with Gasteiger partial charge in [-0.15, -0.1) is 0 Å². The zero-order valence-electron chi connectivity index (χ0n) is 12.7. The molecule has 0 spiro atoms. The third-order valence-corrected chi connectivity index (χ3v) is 4.10. The molecule has 1 atom stereocenters. The minimum Gasteiger partial charge on any atom is -0.496 e. The van der Waals surface area contributed by atoms with E-state index in [0.717, 1.165) is 21.5 Å². The molecule has 0 amide bonds. The third-order valence-electron chi connectivity index (χ3n) is 3.48. The van der Waals surface area contributed by atoms with Crippen LogP contribution in [0.5, 0.6) is 11.5 Å². The monoisotopic (exact) mass is 349 g/mol. The Morgan fingerprint density at radius 2 is 1.76 bits per heavy atom. The van der Waals surface area contributed by atoms with Gasteiger partial charge in [0, 0.05) is 5.56 Å². The van der Waals surface area contributed by atoms with Gasteiger partial charge in [0.15, 0.2) is 0 Å². The summed E-state index contributed by atoms with van der Waals surface area (Å²) >= 11 is 3.50. The average molecular weight is 350 g/mol. The van der Waals surface area contributed by atoms with Gasteiger partial charge < -0.3 is 14.8 Å². The second-order valence-corrected chi connectivity index (χ2v) is 5.72. The first-order valence-corrected chi connectivity index (χ1v) is 7.55.